The lowest BCUT2D eigenvalue weighted by Gasteiger charge is -2.35. The van der Waals surface area contributed by atoms with Gasteiger partial charge in [0.05, 0.1) is 12.7 Å². The maximum absolute atomic E-state index is 12.7. The van der Waals surface area contributed by atoms with Crippen LogP contribution in [0.2, 0.25) is 0 Å². The summed E-state index contributed by atoms with van der Waals surface area (Å²) in [7, 11) is 0. The quantitative estimate of drug-likeness (QED) is 0.796. The minimum absolute atomic E-state index is 0.0494. The fourth-order valence-corrected chi connectivity index (χ4v) is 3.51. The summed E-state index contributed by atoms with van der Waals surface area (Å²) >= 11 is 0. The number of carbonyl (C=O) groups is 2. The molecule has 8 heteroatoms. The highest BCUT2D eigenvalue weighted by Gasteiger charge is 2.32. The molecule has 1 atom stereocenters. The molecule has 2 saturated heterocycles. The predicted molar refractivity (Wildman–Crippen MR) is 97.0 cm³/mol. The van der Waals surface area contributed by atoms with Gasteiger partial charge in [0, 0.05) is 32.8 Å². The second-order valence-corrected chi connectivity index (χ2v) is 6.91. The van der Waals surface area contributed by atoms with Crippen molar-refractivity contribution in [3.05, 3.63) is 47.8 Å². The fraction of sp³-hybridized carbons (Fsp3) is 0.474. The summed E-state index contributed by atoms with van der Waals surface area (Å²) < 4.78 is 7.14. The topological polar surface area (TPSA) is 80.6 Å². The zero-order valence-corrected chi connectivity index (χ0v) is 15.2. The van der Waals surface area contributed by atoms with Crippen molar-refractivity contribution in [3.8, 4) is 0 Å². The van der Waals surface area contributed by atoms with Gasteiger partial charge in [0.15, 0.2) is 5.69 Å². The Bertz CT molecular complexity index is 793. The van der Waals surface area contributed by atoms with E-state index in [4.69, 9.17) is 4.74 Å². The van der Waals surface area contributed by atoms with Crippen LogP contribution in [0.25, 0.3) is 0 Å². The molecule has 2 aliphatic rings. The summed E-state index contributed by atoms with van der Waals surface area (Å²) in [5, 5.41) is 8.09. The Morgan fingerprint density at radius 1 is 1.07 bits per heavy atom. The molecule has 2 aromatic rings. The van der Waals surface area contributed by atoms with Gasteiger partial charge in [-0.1, -0.05) is 35.5 Å². The molecular weight excluding hydrogens is 346 g/mol. The van der Waals surface area contributed by atoms with Crippen LogP contribution in [-0.4, -0.2) is 75.5 Å². The third kappa shape index (κ3) is 4.00. The van der Waals surface area contributed by atoms with E-state index in [-0.39, 0.29) is 17.9 Å². The van der Waals surface area contributed by atoms with Crippen molar-refractivity contribution in [1.29, 1.82) is 0 Å². The minimum atomic E-state index is -0.301. The number of nitrogens with zero attached hydrogens (tertiary/aromatic N) is 5. The van der Waals surface area contributed by atoms with Crippen molar-refractivity contribution >= 4 is 11.8 Å². The lowest BCUT2D eigenvalue weighted by Crippen LogP contribution is -2.52. The van der Waals surface area contributed by atoms with Gasteiger partial charge in [-0.15, -0.1) is 5.10 Å². The van der Waals surface area contributed by atoms with Gasteiger partial charge < -0.3 is 14.5 Å². The molecule has 0 spiro atoms. The van der Waals surface area contributed by atoms with Crippen LogP contribution in [-0.2, 0) is 16.1 Å². The molecule has 1 aromatic heterocycles. The molecule has 8 nitrogen and oxygen atoms in total. The highest BCUT2D eigenvalue weighted by molar-refractivity contribution is 5.92. The molecule has 4 rings (SSSR count). The number of carbonyl (C=O) groups excluding carboxylic acids is 2. The third-order valence-electron chi connectivity index (χ3n) is 5.03. The smallest absolute Gasteiger partial charge is 0.276 e. The molecule has 142 valence electrons. The number of aromatic nitrogens is 3. The van der Waals surface area contributed by atoms with E-state index in [0.717, 1.165) is 18.4 Å². The molecule has 2 aliphatic heterocycles. The second-order valence-electron chi connectivity index (χ2n) is 6.91. The Kier molecular flexibility index (Phi) is 5.15. The molecule has 3 heterocycles. The maximum Gasteiger partial charge on any atom is 0.276 e. The number of benzene rings is 1. The number of hydrogen-bond acceptors (Lipinski definition) is 5. The average Bonchev–Trinajstić information content (AvgIpc) is 3.40. The molecule has 0 radical (unpaired) electrons. The molecule has 0 bridgehead atoms. The summed E-state index contributed by atoms with van der Waals surface area (Å²) in [6, 6.07) is 9.91. The van der Waals surface area contributed by atoms with Gasteiger partial charge >= 0.3 is 0 Å². The largest absolute Gasteiger partial charge is 0.368 e. The minimum Gasteiger partial charge on any atom is -0.368 e. The highest BCUT2D eigenvalue weighted by atomic mass is 16.5. The second kappa shape index (κ2) is 7.87. The van der Waals surface area contributed by atoms with Crippen molar-refractivity contribution in [2.75, 3.05) is 32.8 Å². The van der Waals surface area contributed by atoms with Crippen molar-refractivity contribution in [1.82, 2.24) is 24.8 Å². The summed E-state index contributed by atoms with van der Waals surface area (Å²) in [5.41, 5.74) is 1.44. The maximum atomic E-state index is 12.7. The van der Waals surface area contributed by atoms with E-state index in [1.165, 1.54) is 0 Å². The number of ether oxygens (including phenoxy) is 1. The van der Waals surface area contributed by atoms with E-state index in [1.54, 1.807) is 20.7 Å². The Hall–Kier alpha value is -2.74. The van der Waals surface area contributed by atoms with Crippen molar-refractivity contribution in [2.24, 2.45) is 0 Å². The molecular formula is C19H23N5O3. The van der Waals surface area contributed by atoms with E-state index in [0.29, 0.717) is 45.0 Å². The van der Waals surface area contributed by atoms with Crippen LogP contribution in [0.5, 0.6) is 0 Å². The van der Waals surface area contributed by atoms with Crippen molar-refractivity contribution < 1.29 is 14.3 Å². The summed E-state index contributed by atoms with van der Waals surface area (Å²) in [4.78, 5) is 28.6. The van der Waals surface area contributed by atoms with Crippen molar-refractivity contribution in [2.45, 2.75) is 25.5 Å². The van der Waals surface area contributed by atoms with Gasteiger partial charge in [0.2, 0.25) is 0 Å². The molecule has 2 fully saturated rings. The first-order valence-corrected chi connectivity index (χ1v) is 9.34. The Morgan fingerprint density at radius 2 is 1.81 bits per heavy atom. The first-order valence-electron chi connectivity index (χ1n) is 9.34. The van der Waals surface area contributed by atoms with Gasteiger partial charge in [-0.3, -0.25) is 9.59 Å². The Morgan fingerprint density at radius 3 is 2.52 bits per heavy atom. The lowest BCUT2D eigenvalue weighted by atomic mass is 10.2. The van der Waals surface area contributed by atoms with E-state index >= 15 is 0 Å². The van der Waals surface area contributed by atoms with E-state index < -0.39 is 0 Å². The zero-order valence-electron chi connectivity index (χ0n) is 15.2. The molecule has 1 unspecified atom stereocenters. The Labute approximate surface area is 157 Å². The first kappa shape index (κ1) is 17.7. The van der Waals surface area contributed by atoms with Crippen LogP contribution in [0.1, 0.15) is 28.9 Å². The van der Waals surface area contributed by atoms with E-state index in [1.807, 2.05) is 30.3 Å². The standard InChI is InChI=1S/C19H23N5O3/c25-18(16-14-24(21-20-16)13-15-5-2-1-3-6-15)22-8-10-23(11-9-22)19(26)17-7-4-12-27-17/h1-3,5-6,14,17H,4,7-13H2. The van der Waals surface area contributed by atoms with Crippen LogP contribution < -0.4 is 0 Å². The van der Waals surface area contributed by atoms with Crippen LogP contribution in [0.3, 0.4) is 0 Å². The number of amides is 2. The molecule has 0 saturated carbocycles. The summed E-state index contributed by atoms with van der Waals surface area (Å²) in [5.74, 6) is -0.0908. The normalized spacial score (nSPS) is 20.1. The fourth-order valence-electron chi connectivity index (χ4n) is 3.51. The molecule has 1 aromatic carbocycles. The van der Waals surface area contributed by atoms with E-state index in [9.17, 15) is 9.59 Å². The summed E-state index contributed by atoms with van der Waals surface area (Å²) in [6.07, 6.45) is 3.11. The molecule has 2 amide bonds. The zero-order chi connectivity index (χ0) is 18.6. The SMILES string of the molecule is O=C(c1cn(Cc2ccccc2)nn1)N1CCN(C(=O)C2CCCO2)CC1. The number of piperazine rings is 1. The summed E-state index contributed by atoms with van der Waals surface area (Å²) in [6.45, 7) is 3.30. The first-order chi connectivity index (χ1) is 13.2. The third-order valence-corrected chi connectivity index (χ3v) is 5.03. The van der Waals surface area contributed by atoms with Crippen molar-refractivity contribution in [3.63, 3.8) is 0 Å². The lowest BCUT2D eigenvalue weighted by molar-refractivity contribution is -0.142. The van der Waals surface area contributed by atoms with Gasteiger partial charge in [0.25, 0.3) is 11.8 Å². The Balaban J connectivity index is 1.32. The highest BCUT2D eigenvalue weighted by Crippen LogP contribution is 2.16. The molecule has 0 aliphatic carbocycles. The van der Waals surface area contributed by atoms with Crippen LogP contribution in [0.15, 0.2) is 36.5 Å². The van der Waals surface area contributed by atoms with Gasteiger partial charge in [-0.05, 0) is 18.4 Å². The predicted octanol–water partition coefficient (Wildman–Crippen LogP) is 0.790. The van der Waals surface area contributed by atoms with E-state index in [2.05, 4.69) is 10.3 Å². The number of hydrogen-bond donors (Lipinski definition) is 0. The van der Waals surface area contributed by atoms with Gasteiger partial charge in [0.1, 0.15) is 6.10 Å². The van der Waals surface area contributed by atoms with Crippen LogP contribution in [0.4, 0.5) is 0 Å². The monoisotopic (exact) mass is 369 g/mol. The van der Waals surface area contributed by atoms with Gasteiger partial charge in [-0.2, -0.15) is 0 Å². The van der Waals surface area contributed by atoms with Crippen LogP contribution >= 0.6 is 0 Å². The molecule has 27 heavy (non-hydrogen) atoms. The number of rotatable bonds is 4. The average molecular weight is 369 g/mol. The van der Waals surface area contributed by atoms with Gasteiger partial charge in [-0.25, -0.2) is 4.68 Å². The van der Waals surface area contributed by atoms with Crippen LogP contribution in [0, 0.1) is 0 Å². The molecule has 0 N–H and O–H groups in total.